The molecule has 1 aliphatic rings. The van der Waals surface area contributed by atoms with E-state index < -0.39 is 5.97 Å². The van der Waals surface area contributed by atoms with Crippen molar-refractivity contribution in [3.05, 3.63) is 0 Å². The molecule has 0 spiro atoms. The molecule has 88 valence electrons. The minimum atomic E-state index is -0.645. The highest BCUT2D eigenvalue weighted by molar-refractivity contribution is 5.71. The average Bonchev–Trinajstić information content (AvgIpc) is 2.68. The van der Waals surface area contributed by atoms with Crippen molar-refractivity contribution >= 4 is 5.97 Å². The second-order valence-corrected chi connectivity index (χ2v) is 4.06. The molecule has 0 aromatic rings. The van der Waals surface area contributed by atoms with Crippen LogP contribution in [-0.4, -0.2) is 48.8 Å². The molecule has 1 aliphatic carbocycles. The van der Waals surface area contributed by atoms with Crippen LogP contribution in [0.5, 0.6) is 0 Å². The predicted molar refractivity (Wildman–Crippen MR) is 57.9 cm³/mol. The van der Waals surface area contributed by atoms with Crippen LogP contribution in [0, 0.1) is 5.92 Å². The van der Waals surface area contributed by atoms with Gasteiger partial charge in [0.05, 0.1) is 12.5 Å². The van der Waals surface area contributed by atoms with Crippen LogP contribution < -0.4 is 0 Å². The molecule has 0 aliphatic heterocycles. The van der Waals surface area contributed by atoms with Gasteiger partial charge in [0.15, 0.2) is 0 Å². The van der Waals surface area contributed by atoms with E-state index in [1.165, 1.54) is 0 Å². The van der Waals surface area contributed by atoms with Crippen molar-refractivity contribution in [2.24, 2.45) is 5.92 Å². The van der Waals surface area contributed by atoms with Gasteiger partial charge in [-0.3, -0.25) is 9.69 Å². The first-order valence-electron chi connectivity index (χ1n) is 5.66. The molecule has 0 aromatic heterocycles. The van der Waals surface area contributed by atoms with Crippen molar-refractivity contribution in [3.63, 3.8) is 0 Å². The summed E-state index contributed by atoms with van der Waals surface area (Å²) < 4.78 is 5.04. The summed E-state index contributed by atoms with van der Waals surface area (Å²) in [5.74, 6) is -0.824. The van der Waals surface area contributed by atoms with Gasteiger partial charge in [-0.2, -0.15) is 0 Å². The molecular weight excluding hydrogens is 194 g/mol. The van der Waals surface area contributed by atoms with Gasteiger partial charge in [-0.15, -0.1) is 0 Å². The average molecular weight is 215 g/mol. The van der Waals surface area contributed by atoms with Gasteiger partial charge in [0.1, 0.15) is 0 Å². The molecule has 1 saturated carbocycles. The number of nitrogens with zero attached hydrogens (tertiary/aromatic N) is 1. The minimum Gasteiger partial charge on any atom is -0.481 e. The van der Waals surface area contributed by atoms with Crippen LogP contribution in [0.2, 0.25) is 0 Å². The predicted octanol–water partition coefficient (Wildman–Crippen LogP) is 1.21. The standard InChI is InChI=1S/C11H21NO3/c1-3-12(7-8-15-2)10-6-4-5-9(10)11(13)14/h9-10H,3-8H2,1-2H3,(H,13,14). The monoisotopic (exact) mass is 215 g/mol. The van der Waals surface area contributed by atoms with Gasteiger partial charge in [0.25, 0.3) is 0 Å². The Labute approximate surface area is 91.2 Å². The molecule has 0 heterocycles. The third-order valence-corrected chi connectivity index (χ3v) is 3.25. The zero-order chi connectivity index (χ0) is 11.3. The molecule has 2 atom stereocenters. The van der Waals surface area contributed by atoms with E-state index in [1.54, 1.807) is 7.11 Å². The number of carboxylic acid groups (broad SMARTS) is 1. The molecule has 1 fully saturated rings. The summed E-state index contributed by atoms with van der Waals surface area (Å²) in [4.78, 5) is 13.3. The summed E-state index contributed by atoms with van der Waals surface area (Å²) >= 11 is 0. The number of methoxy groups -OCH3 is 1. The lowest BCUT2D eigenvalue weighted by Gasteiger charge is -2.30. The van der Waals surface area contributed by atoms with Crippen molar-refractivity contribution < 1.29 is 14.6 Å². The number of carboxylic acids is 1. The third kappa shape index (κ3) is 3.18. The van der Waals surface area contributed by atoms with Gasteiger partial charge in [-0.05, 0) is 19.4 Å². The number of carbonyl (C=O) groups is 1. The molecule has 1 N–H and O–H groups in total. The number of aliphatic carboxylic acids is 1. The smallest absolute Gasteiger partial charge is 0.308 e. The molecule has 0 saturated heterocycles. The molecule has 4 nitrogen and oxygen atoms in total. The maximum absolute atomic E-state index is 11.0. The first kappa shape index (κ1) is 12.5. The summed E-state index contributed by atoms with van der Waals surface area (Å²) in [5, 5.41) is 9.10. The van der Waals surface area contributed by atoms with Crippen LogP contribution in [0.4, 0.5) is 0 Å². The van der Waals surface area contributed by atoms with E-state index in [0.717, 1.165) is 32.4 Å². The highest BCUT2D eigenvalue weighted by atomic mass is 16.5. The zero-order valence-corrected chi connectivity index (χ0v) is 9.61. The normalized spacial score (nSPS) is 26.1. The maximum atomic E-state index is 11.0. The highest BCUT2D eigenvalue weighted by Crippen LogP contribution is 2.29. The second-order valence-electron chi connectivity index (χ2n) is 4.06. The first-order chi connectivity index (χ1) is 7.20. The van der Waals surface area contributed by atoms with Crippen molar-refractivity contribution in [2.45, 2.75) is 32.2 Å². The Hall–Kier alpha value is -0.610. The van der Waals surface area contributed by atoms with Crippen LogP contribution in [0.25, 0.3) is 0 Å². The van der Waals surface area contributed by atoms with E-state index >= 15 is 0 Å². The lowest BCUT2D eigenvalue weighted by atomic mass is 10.0. The molecule has 4 heteroatoms. The fraction of sp³-hybridized carbons (Fsp3) is 0.909. The summed E-state index contributed by atoms with van der Waals surface area (Å²) in [6.07, 6.45) is 2.86. The summed E-state index contributed by atoms with van der Waals surface area (Å²) in [6.45, 7) is 4.49. The Kier molecular flexibility index (Phi) is 5.05. The minimum absolute atomic E-state index is 0.179. The van der Waals surface area contributed by atoms with Crippen LogP contribution in [0.1, 0.15) is 26.2 Å². The van der Waals surface area contributed by atoms with Crippen molar-refractivity contribution in [3.8, 4) is 0 Å². The molecule has 0 bridgehead atoms. The third-order valence-electron chi connectivity index (χ3n) is 3.25. The number of likely N-dealkylation sites (N-methyl/N-ethyl adjacent to an activating group) is 1. The summed E-state index contributed by atoms with van der Waals surface area (Å²) in [6, 6.07) is 0.211. The number of ether oxygens (including phenoxy) is 1. The summed E-state index contributed by atoms with van der Waals surface area (Å²) in [5.41, 5.74) is 0. The summed E-state index contributed by atoms with van der Waals surface area (Å²) in [7, 11) is 1.68. The Morgan fingerprint density at radius 3 is 2.80 bits per heavy atom. The second kappa shape index (κ2) is 6.08. The van der Waals surface area contributed by atoms with Crippen molar-refractivity contribution in [1.29, 1.82) is 0 Å². The van der Waals surface area contributed by atoms with Crippen LogP contribution >= 0.6 is 0 Å². The van der Waals surface area contributed by atoms with E-state index in [0.29, 0.717) is 6.61 Å². The van der Waals surface area contributed by atoms with Gasteiger partial charge in [-0.25, -0.2) is 0 Å². The Bertz CT molecular complexity index is 208. The molecule has 0 aromatic carbocycles. The van der Waals surface area contributed by atoms with Crippen molar-refractivity contribution in [1.82, 2.24) is 4.90 Å². The van der Waals surface area contributed by atoms with E-state index in [4.69, 9.17) is 9.84 Å². The molecule has 15 heavy (non-hydrogen) atoms. The quantitative estimate of drug-likeness (QED) is 0.723. The first-order valence-corrected chi connectivity index (χ1v) is 5.66. The van der Waals surface area contributed by atoms with Gasteiger partial charge in [0, 0.05) is 19.7 Å². The van der Waals surface area contributed by atoms with Gasteiger partial charge < -0.3 is 9.84 Å². The molecule has 0 radical (unpaired) electrons. The van der Waals surface area contributed by atoms with E-state index in [1.807, 2.05) is 0 Å². The van der Waals surface area contributed by atoms with Crippen LogP contribution in [0.15, 0.2) is 0 Å². The van der Waals surface area contributed by atoms with Gasteiger partial charge in [0.2, 0.25) is 0 Å². The lowest BCUT2D eigenvalue weighted by Crippen LogP contribution is -2.42. The fourth-order valence-corrected chi connectivity index (χ4v) is 2.43. The Morgan fingerprint density at radius 2 is 2.27 bits per heavy atom. The fourth-order valence-electron chi connectivity index (χ4n) is 2.43. The van der Waals surface area contributed by atoms with Crippen LogP contribution in [-0.2, 0) is 9.53 Å². The molecule has 2 unspecified atom stereocenters. The van der Waals surface area contributed by atoms with E-state index in [9.17, 15) is 4.79 Å². The molecule has 0 amide bonds. The van der Waals surface area contributed by atoms with E-state index in [-0.39, 0.29) is 12.0 Å². The van der Waals surface area contributed by atoms with Crippen LogP contribution in [0.3, 0.4) is 0 Å². The Balaban J connectivity index is 2.53. The van der Waals surface area contributed by atoms with E-state index in [2.05, 4.69) is 11.8 Å². The maximum Gasteiger partial charge on any atom is 0.308 e. The highest BCUT2D eigenvalue weighted by Gasteiger charge is 2.35. The van der Waals surface area contributed by atoms with Crippen molar-refractivity contribution in [2.75, 3.05) is 26.8 Å². The molecule has 1 rings (SSSR count). The number of hydrogen-bond donors (Lipinski definition) is 1. The molecular formula is C11H21NO3. The largest absolute Gasteiger partial charge is 0.481 e. The number of rotatable bonds is 6. The SMILES string of the molecule is CCN(CCOC)C1CCCC1C(=O)O. The van der Waals surface area contributed by atoms with Gasteiger partial charge in [-0.1, -0.05) is 13.3 Å². The number of hydrogen-bond acceptors (Lipinski definition) is 3. The zero-order valence-electron chi connectivity index (χ0n) is 9.61. The van der Waals surface area contributed by atoms with Gasteiger partial charge >= 0.3 is 5.97 Å². The Morgan fingerprint density at radius 1 is 1.53 bits per heavy atom. The lowest BCUT2D eigenvalue weighted by molar-refractivity contribution is -0.143. The topological polar surface area (TPSA) is 49.8 Å².